The lowest BCUT2D eigenvalue weighted by Crippen LogP contribution is -2.07. The van der Waals surface area contributed by atoms with Crippen LogP contribution in [0.15, 0.2) is 36.4 Å². The highest BCUT2D eigenvalue weighted by Gasteiger charge is 2.34. The number of halogens is 3. The first-order chi connectivity index (χ1) is 9.45. The van der Waals surface area contributed by atoms with Gasteiger partial charge in [0.15, 0.2) is 5.65 Å². The summed E-state index contributed by atoms with van der Waals surface area (Å²) in [7, 11) is 0. The van der Waals surface area contributed by atoms with Crippen LogP contribution in [0.1, 0.15) is 5.56 Å². The van der Waals surface area contributed by atoms with Crippen molar-refractivity contribution >= 4 is 17.0 Å². The number of hydrogen-bond acceptors (Lipinski definition) is 3. The second-order valence-electron chi connectivity index (χ2n) is 4.24. The highest BCUT2D eigenvalue weighted by Crippen LogP contribution is 2.36. The highest BCUT2D eigenvalue weighted by molar-refractivity contribution is 5.78. The van der Waals surface area contributed by atoms with Crippen molar-refractivity contribution in [2.45, 2.75) is 6.18 Å². The molecule has 102 valence electrons. The van der Waals surface area contributed by atoms with Crippen molar-refractivity contribution in [2.24, 2.45) is 0 Å². The third-order valence-corrected chi connectivity index (χ3v) is 2.86. The minimum atomic E-state index is -4.44. The smallest absolute Gasteiger partial charge is 0.384 e. The topological polar surface area (TPSA) is 67.6 Å². The van der Waals surface area contributed by atoms with Crippen LogP contribution in [0.5, 0.6) is 0 Å². The van der Waals surface area contributed by atoms with Gasteiger partial charge in [-0.1, -0.05) is 18.2 Å². The summed E-state index contributed by atoms with van der Waals surface area (Å²) in [6.45, 7) is 0. The molecule has 0 fully saturated rings. The Balaban J connectivity index is 2.21. The molecule has 3 rings (SSSR count). The summed E-state index contributed by atoms with van der Waals surface area (Å²) in [5.74, 6) is 0.380. The van der Waals surface area contributed by atoms with Gasteiger partial charge in [-0.25, -0.2) is 9.97 Å². The van der Waals surface area contributed by atoms with E-state index >= 15 is 0 Å². The number of nitrogen functional groups attached to an aromatic ring is 1. The maximum atomic E-state index is 13.0. The number of hydrogen-bond donors (Lipinski definition) is 2. The zero-order valence-corrected chi connectivity index (χ0v) is 10.1. The van der Waals surface area contributed by atoms with Crippen molar-refractivity contribution in [3.05, 3.63) is 42.0 Å². The van der Waals surface area contributed by atoms with Crippen LogP contribution >= 0.6 is 0 Å². The first kappa shape index (κ1) is 12.5. The standard InChI is InChI=1S/C13H9F3N4/c14-13(15,16)8-4-2-1-3-7(8)11-18-9-5-6-10(17)19-12(9)20-11/h1-6H,(H3,17,18,19,20). The number of alkyl halides is 3. The van der Waals surface area contributed by atoms with E-state index in [4.69, 9.17) is 5.73 Å². The maximum Gasteiger partial charge on any atom is 0.417 e. The summed E-state index contributed by atoms with van der Waals surface area (Å²) in [5, 5.41) is 0. The Labute approximate surface area is 111 Å². The number of anilines is 1. The molecule has 0 aliphatic rings. The minimum Gasteiger partial charge on any atom is -0.384 e. The number of nitrogens with two attached hydrogens (primary N) is 1. The lowest BCUT2D eigenvalue weighted by atomic mass is 10.1. The molecule has 0 bridgehead atoms. The largest absolute Gasteiger partial charge is 0.417 e. The van der Waals surface area contributed by atoms with E-state index in [0.717, 1.165) is 6.07 Å². The van der Waals surface area contributed by atoms with Crippen LogP contribution in [0.3, 0.4) is 0 Å². The molecule has 3 aromatic rings. The Morgan fingerprint density at radius 1 is 1.00 bits per heavy atom. The molecule has 0 saturated heterocycles. The molecule has 0 amide bonds. The molecule has 2 heterocycles. The number of aromatic nitrogens is 3. The third kappa shape index (κ3) is 2.07. The average molecular weight is 278 g/mol. The number of nitrogens with zero attached hydrogens (tertiary/aromatic N) is 2. The lowest BCUT2D eigenvalue weighted by Gasteiger charge is -2.10. The minimum absolute atomic E-state index is 0.0171. The van der Waals surface area contributed by atoms with Gasteiger partial charge in [0.1, 0.15) is 11.6 Å². The van der Waals surface area contributed by atoms with Crippen LogP contribution in [0.2, 0.25) is 0 Å². The SMILES string of the molecule is Nc1ccc2[nH]c(-c3ccccc3C(F)(F)F)nc2n1. The first-order valence-corrected chi connectivity index (χ1v) is 5.74. The van der Waals surface area contributed by atoms with Gasteiger partial charge in [0.25, 0.3) is 0 Å². The van der Waals surface area contributed by atoms with Crippen molar-refractivity contribution in [1.29, 1.82) is 0 Å². The molecule has 0 saturated carbocycles. The molecule has 0 unspecified atom stereocenters. The first-order valence-electron chi connectivity index (χ1n) is 5.74. The zero-order valence-electron chi connectivity index (χ0n) is 10.1. The summed E-state index contributed by atoms with van der Waals surface area (Å²) >= 11 is 0. The van der Waals surface area contributed by atoms with Crippen LogP contribution in [0.4, 0.5) is 19.0 Å². The van der Waals surface area contributed by atoms with Crippen molar-refractivity contribution < 1.29 is 13.2 Å². The summed E-state index contributed by atoms with van der Waals surface area (Å²) in [6, 6.07) is 8.43. The number of H-pyrrole nitrogens is 1. The zero-order chi connectivity index (χ0) is 14.3. The van der Waals surface area contributed by atoms with Gasteiger partial charge in [0.05, 0.1) is 11.1 Å². The van der Waals surface area contributed by atoms with E-state index in [9.17, 15) is 13.2 Å². The molecule has 7 heteroatoms. The molecular formula is C13H9F3N4. The summed E-state index contributed by atoms with van der Waals surface area (Å²) in [4.78, 5) is 10.9. The summed E-state index contributed by atoms with van der Waals surface area (Å²) < 4.78 is 38.9. The summed E-state index contributed by atoms with van der Waals surface area (Å²) in [5.41, 5.74) is 5.59. The average Bonchev–Trinajstić information content (AvgIpc) is 2.80. The number of benzene rings is 1. The number of nitrogens with one attached hydrogen (secondary N) is 1. The molecular weight excluding hydrogens is 269 g/mol. The molecule has 0 aliphatic heterocycles. The predicted molar refractivity (Wildman–Crippen MR) is 68.7 cm³/mol. The fourth-order valence-electron chi connectivity index (χ4n) is 1.97. The van der Waals surface area contributed by atoms with E-state index in [1.54, 1.807) is 12.1 Å². The molecule has 20 heavy (non-hydrogen) atoms. The van der Waals surface area contributed by atoms with E-state index in [-0.39, 0.29) is 22.9 Å². The molecule has 1 aromatic carbocycles. The van der Waals surface area contributed by atoms with Crippen LogP contribution in [-0.2, 0) is 6.18 Å². The van der Waals surface area contributed by atoms with Gasteiger partial charge in [0, 0.05) is 5.56 Å². The van der Waals surface area contributed by atoms with Crippen molar-refractivity contribution in [2.75, 3.05) is 5.73 Å². The molecule has 0 atom stereocenters. The van der Waals surface area contributed by atoms with Crippen LogP contribution in [0, 0.1) is 0 Å². The van der Waals surface area contributed by atoms with E-state index < -0.39 is 11.7 Å². The van der Waals surface area contributed by atoms with E-state index in [2.05, 4.69) is 15.0 Å². The van der Waals surface area contributed by atoms with Gasteiger partial charge >= 0.3 is 6.18 Å². The summed E-state index contributed by atoms with van der Waals surface area (Å²) in [6.07, 6.45) is -4.44. The van der Waals surface area contributed by atoms with Crippen LogP contribution in [0.25, 0.3) is 22.6 Å². The molecule has 0 radical (unpaired) electrons. The lowest BCUT2D eigenvalue weighted by molar-refractivity contribution is -0.137. The fraction of sp³-hybridized carbons (Fsp3) is 0.0769. The Morgan fingerprint density at radius 3 is 2.50 bits per heavy atom. The molecule has 4 nitrogen and oxygen atoms in total. The van der Waals surface area contributed by atoms with Gasteiger partial charge in [-0.3, -0.25) is 0 Å². The van der Waals surface area contributed by atoms with Gasteiger partial charge in [-0.15, -0.1) is 0 Å². The second-order valence-corrected chi connectivity index (χ2v) is 4.24. The van der Waals surface area contributed by atoms with Gasteiger partial charge in [-0.2, -0.15) is 13.2 Å². The molecule has 0 aliphatic carbocycles. The van der Waals surface area contributed by atoms with Crippen LogP contribution in [-0.4, -0.2) is 15.0 Å². The number of pyridine rings is 1. The van der Waals surface area contributed by atoms with Crippen molar-refractivity contribution in [1.82, 2.24) is 15.0 Å². The normalized spacial score (nSPS) is 11.9. The van der Waals surface area contributed by atoms with E-state index in [1.165, 1.54) is 18.2 Å². The Kier molecular flexibility index (Phi) is 2.63. The van der Waals surface area contributed by atoms with Crippen molar-refractivity contribution in [3.8, 4) is 11.4 Å². The van der Waals surface area contributed by atoms with Gasteiger partial charge in [0.2, 0.25) is 0 Å². The van der Waals surface area contributed by atoms with Gasteiger partial charge in [-0.05, 0) is 18.2 Å². The number of rotatable bonds is 1. The fourth-order valence-corrected chi connectivity index (χ4v) is 1.97. The maximum absolute atomic E-state index is 13.0. The van der Waals surface area contributed by atoms with Crippen LogP contribution < -0.4 is 5.73 Å². The van der Waals surface area contributed by atoms with Crippen molar-refractivity contribution in [3.63, 3.8) is 0 Å². The Morgan fingerprint density at radius 2 is 1.75 bits per heavy atom. The predicted octanol–water partition coefficient (Wildman–Crippen LogP) is 3.23. The Bertz CT molecular complexity index is 777. The Hall–Kier alpha value is -2.57. The number of aromatic amines is 1. The monoisotopic (exact) mass is 278 g/mol. The number of fused-ring (bicyclic) bond motifs is 1. The highest BCUT2D eigenvalue weighted by atomic mass is 19.4. The van der Waals surface area contributed by atoms with E-state index in [0.29, 0.717) is 5.52 Å². The quantitative estimate of drug-likeness (QED) is 0.718. The number of imidazole rings is 1. The third-order valence-electron chi connectivity index (χ3n) is 2.86. The van der Waals surface area contributed by atoms with Gasteiger partial charge < -0.3 is 10.7 Å². The van der Waals surface area contributed by atoms with E-state index in [1.807, 2.05) is 0 Å². The molecule has 0 spiro atoms. The molecule has 3 N–H and O–H groups in total. The molecule has 2 aromatic heterocycles. The second kappa shape index (κ2) is 4.22.